The minimum absolute atomic E-state index is 0. The van der Waals surface area contributed by atoms with Crippen LogP contribution >= 0.6 is 12.4 Å². The van der Waals surface area contributed by atoms with Crippen LogP contribution in [0.3, 0.4) is 0 Å². The van der Waals surface area contributed by atoms with E-state index in [0.29, 0.717) is 12.0 Å². The average molecular weight is 269 g/mol. The van der Waals surface area contributed by atoms with Gasteiger partial charge in [-0.3, -0.25) is 4.90 Å². The van der Waals surface area contributed by atoms with Gasteiger partial charge in [-0.1, -0.05) is 38.1 Å². The zero-order valence-corrected chi connectivity index (χ0v) is 12.5. The molecule has 1 saturated heterocycles. The van der Waals surface area contributed by atoms with Crippen molar-refractivity contribution in [3.63, 3.8) is 0 Å². The van der Waals surface area contributed by atoms with Crippen molar-refractivity contribution >= 4 is 12.4 Å². The first-order valence-electron chi connectivity index (χ1n) is 6.69. The van der Waals surface area contributed by atoms with Gasteiger partial charge < -0.3 is 5.32 Å². The number of benzene rings is 1. The molecule has 0 radical (unpaired) electrons. The Morgan fingerprint density at radius 1 is 1.28 bits per heavy atom. The number of halogens is 1. The van der Waals surface area contributed by atoms with Crippen LogP contribution < -0.4 is 5.32 Å². The Bertz CT molecular complexity index is 348. The molecule has 1 N–H and O–H groups in total. The Morgan fingerprint density at radius 3 is 2.50 bits per heavy atom. The van der Waals surface area contributed by atoms with E-state index < -0.39 is 0 Å². The molecule has 3 heteroatoms. The van der Waals surface area contributed by atoms with E-state index in [1.54, 1.807) is 0 Å². The number of hydrogen-bond acceptors (Lipinski definition) is 2. The molecule has 2 nitrogen and oxygen atoms in total. The Morgan fingerprint density at radius 2 is 1.94 bits per heavy atom. The molecule has 2 rings (SSSR count). The summed E-state index contributed by atoms with van der Waals surface area (Å²) in [6.45, 7) is 11.3. The molecule has 18 heavy (non-hydrogen) atoms. The van der Waals surface area contributed by atoms with Crippen molar-refractivity contribution in [2.75, 3.05) is 19.6 Å². The van der Waals surface area contributed by atoms with Crippen LogP contribution in [0.5, 0.6) is 0 Å². The minimum Gasteiger partial charge on any atom is -0.312 e. The smallest absolute Gasteiger partial charge is 0.0234 e. The topological polar surface area (TPSA) is 15.3 Å². The standard InChI is InChI=1S/C15H24N2.ClH/c1-12(2)15-6-4-14(5-7-15)11-17-9-8-16-13(3)10-17;/h4-7,12-13,16H,8-11H2,1-3H3;1H/t13-;/m0./s1. The van der Waals surface area contributed by atoms with Crippen molar-refractivity contribution in [2.24, 2.45) is 0 Å². The Hall–Kier alpha value is -0.570. The number of hydrogen-bond donors (Lipinski definition) is 1. The van der Waals surface area contributed by atoms with Gasteiger partial charge in [0.1, 0.15) is 0 Å². The fourth-order valence-corrected chi connectivity index (χ4v) is 2.42. The van der Waals surface area contributed by atoms with Crippen LogP contribution in [0, 0.1) is 0 Å². The lowest BCUT2D eigenvalue weighted by Crippen LogP contribution is -2.48. The third kappa shape index (κ3) is 4.27. The fraction of sp³-hybridized carbons (Fsp3) is 0.600. The number of nitrogens with one attached hydrogen (secondary N) is 1. The third-order valence-electron chi connectivity index (χ3n) is 3.51. The van der Waals surface area contributed by atoms with Gasteiger partial charge >= 0.3 is 0 Å². The van der Waals surface area contributed by atoms with Gasteiger partial charge in [-0.05, 0) is 24.0 Å². The lowest BCUT2D eigenvalue weighted by atomic mass is 10.0. The van der Waals surface area contributed by atoms with Crippen molar-refractivity contribution in [3.8, 4) is 0 Å². The van der Waals surface area contributed by atoms with Crippen LogP contribution in [0.2, 0.25) is 0 Å². The molecule has 0 unspecified atom stereocenters. The van der Waals surface area contributed by atoms with Crippen molar-refractivity contribution in [1.82, 2.24) is 10.2 Å². The predicted molar refractivity (Wildman–Crippen MR) is 80.5 cm³/mol. The first kappa shape index (κ1) is 15.5. The molecule has 1 aromatic carbocycles. The molecular weight excluding hydrogens is 244 g/mol. The molecule has 1 aliphatic heterocycles. The third-order valence-corrected chi connectivity index (χ3v) is 3.51. The van der Waals surface area contributed by atoms with Crippen LogP contribution in [0.4, 0.5) is 0 Å². The second-order valence-electron chi connectivity index (χ2n) is 5.49. The molecule has 0 aliphatic carbocycles. The Balaban J connectivity index is 0.00000162. The molecule has 0 bridgehead atoms. The van der Waals surface area contributed by atoms with Gasteiger partial charge in [0.2, 0.25) is 0 Å². The highest BCUT2D eigenvalue weighted by atomic mass is 35.5. The van der Waals surface area contributed by atoms with Gasteiger partial charge in [0.15, 0.2) is 0 Å². The Kier molecular flexibility index (Phi) is 6.13. The van der Waals surface area contributed by atoms with Crippen LogP contribution in [0.1, 0.15) is 37.8 Å². The van der Waals surface area contributed by atoms with E-state index in [4.69, 9.17) is 0 Å². The SMILES string of the molecule is CC(C)c1ccc(CN2CCN[C@@H](C)C2)cc1.Cl. The normalized spacial score (nSPS) is 20.8. The Labute approximate surface area is 117 Å². The maximum Gasteiger partial charge on any atom is 0.0234 e. The van der Waals surface area contributed by atoms with Crippen LogP contribution in [-0.2, 0) is 6.54 Å². The van der Waals surface area contributed by atoms with Gasteiger partial charge in [0, 0.05) is 32.2 Å². The molecule has 0 saturated carbocycles. The van der Waals surface area contributed by atoms with Gasteiger partial charge in [-0.15, -0.1) is 12.4 Å². The first-order chi connectivity index (χ1) is 8.15. The number of nitrogens with zero attached hydrogens (tertiary/aromatic N) is 1. The summed E-state index contributed by atoms with van der Waals surface area (Å²) >= 11 is 0. The van der Waals surface area contributed by atoms with Gasteiger partial charge in [0.25, 0.3) is 0 Å². The van der Waals surface area contributed by atoms with E-state index in [1.165, 1.54) is 11.1 Å². The summed E-state index contributed by atoms with van der Waals surface area (Å²) in [5.41, 5.74) is 2.87. The molecule has 1 aliphatic rings. The molecule has 0 spiro atoms. The van der Waals surface area contributed by atoms with Crippen molar-refractivity contribution in [3.05, 3.63) is 35.4 Å². The molecule has 0 aromatic heterocycles. The number of piperazine rings is 1. The largest absolute Gasteiger partial charge is 0.312 e. The summed E-state index contributed by atoms with van der Waals surface area (Å²) in [6, 6.07) is 9.72. The summed E-state index contributed by atoms with van der Waals surface area (Å²) in [7, 11) is 0. The predicted octanol–water partition coefficient (Wildman–Crippen LogP) is 3.03. The summed E-state index contributed by atoms with van der Waals surface area (Å²) in [5.74, 6) is 0.628. The lowest BCUT2D eigenvalue weighted by Gasteiger charge is -2.31. The van der Waals surface area contributed by atoms with E-state index in [-0.39, 0.29) is 12.4 Å². The highest BCUT2D eigenvalue weighted by Gasteiger charge is 2.15. The zero-order valence-electron chi connectivity index (χ0n) is 11.6. The number of rotatable bonds is 3. The van der Waals surface area contributed by atoms with E-state index in [9.17, 15) is 0 Å². The molecular formula is C15H25ClN2. The monoisotopic (exact) mass is 268 g/mol. The zero-order chi connectivity index (χ0) is 12.3. The minimum atomic E-state index is 0. The van der Waals surface area contributed by atoms with Crippen molar-refractivity contribution in [1.29, 1.82) is 0 Å². The second kappa shape index (κ2) is 7.13. The molecule has 1 fully saturated rings. The lowest BCUT2D eigenvalue weighted by molar-refractivity contribution is 0.199. The highest BCUT2D eigenvalue weighted by molar-refractivity contribution is 5.85. The van der Waals surface area contributed by atoms with Crippen LogP contribution in [-0.4, -0.2) is 30.6 Å². The highest BCUT2D eigenvalue weighted by Crippen LogP contribution is 2.16. The maximum absolute atomic E-state index is 3.48. The summed E-state index contributed by atoms with van der Waals surface area (Å²) < 4.78 is 0. The quantitative estimate of drug-likeness (QED) is 0.907. The van der Waals surface area contributed by atoms with Crippen molar-refractivity contribution < 1.29 is 0 Å². The van der Waals surface area contributed by atoms with E-state index >= 15 is 0 Å². The molecule has 1 heterocycles. The van der Waals surface area contributed by atoms with Crippen LogP contribution in [0.25, 0.3) is 0 Å². The molecule has 102 valence electrons. The van der Waals surface area contributed by atoms with E-state index in [2.05, 4.69) is 55.3 Å². The van der Waals surface area contributed by atoms with Gasteiger partial charge in [-0.2, -0.15) is 0 Å². The maximum atomic E-state index is 3.48. The average Bonchev–Trinajstić information content (AvgIpc) is 2.29. The fourth-order valence-electron chi connectivity index (χ4n) is 2.42. The summed E-state index contributed by atoms with van der Waals surface area (Å²) in [6.07, 6.45) is 0. The van der Waals surface area contributed by atoms with Gasteiger partial charge in [0.05, 0.1) is 0 Å². The summed E-state index contributed by atoms with van der Waals surface area (Å²) in [5, 5.41) is 3.48. The molecule has 1 atom stereocenters. The first-order valence-corrected chi connectivity index (χ1v) is 6.69. The molecule has 0 amide bonds. The van der Waals surface area contributed by atoms with E-state index in [1.807, 2.05) is 0 Å². The summed E-state index contributed by atoms with van der Waals surface area (Å²) in [4.78, 5) is 2.53. The second-order valence-corrected chi connectivity index (χ2v) is 5.49. The molecule has 1 aromatic rings. The van der Waals surface area contributed by atoms with Gasteiger partial charge in [-0.25, -0.2) is 0 Å². The van der Waals surface area contributed by atoms with Crippen molar-refractivity contribution in [2.45, 2.75) is 39.3 Å². The van der Waals surface area contributed by atoms with Crippen LogP contribution in [0.15, 0.2) is 24.3 Å². The van der Waals surface area contributed by atoms with E-state index in [0.717, 1.165) is 26.2 Å².